The molecule has 9 heavy (non-hydrogen) atoms. The molecule has 4 heteroatoms. The lowest BCUT2D eigenvalue weighted by atomic mass is 10.6. The molecule has 0 bridgehead atoms. The summed E-state index contributed by atoms with van der Waals surface area (Å²) in [6, 6.07) is 0. The number of rotatable bonds is 2. The van der Waals surface area contributed by atoms with Gasteiger partial charge in [-0.1, -0.05) is 0 Å². The van der Waals surface area contributed by atoms with E-state index >= 15 is 0 Å². The minimum atomic E-state index is -0.196. The van der Waals surface area contributed by atoms with Gasteiger partial charge in [0, 0.05) is 14.1 Å². The Balaban J connectivity index is 3.64. The zero-order valence-corrected chi connectivity index (χ0v) is 5.42. The molecule has 0 atom stereocenters. The summed E-state index contributed by atoms with van der Waals surface area (Å²) >= 11 is 0. The van der Waals surface area contributed by atoms with Crippen LogP contribution in [0.5, 0.6) is 0 Å². The Morgan fingerprint density at radius 2 is 2.22 bits per heavy atom. The summed E-state index contributed by atoms with van der Waals surface area (Å²) in [5.74, 6) is -0.196. The first-order valence-electron chi connectivity index (χ1n) is 2.42. The van der Waals surface area contributed by atoms with Gasteiger partial charge in [0.15, 0.2) is 0 Å². The average molecular weight is 128 g/mol. The molecule has 0 saturated heterocycles. The maximum absolute atomic E-state index is 10.6. The smallest absolute Gasteiger partial charge is 0.244 e. The molecular weight excluding hydrogens is 120 g/mol. The third kappa shape index (κ3) is 3.43. The Hall–Kier alpha value is -1.15. The Morgan fingerprint density at radius 3 is 2.56 bits per heavy atom. The number of isocyanates is 1. The molecule has 0 spiro atoms. The van der Waals surface area contributed by atoms with E-state index in [2.05, 4.69) is 4.99 Å². The second-order valence-electron chi connectivity index (χ2n) is 1.70. The number of carbonyl (C=O) groups is 1. The summed E-state index contributed by atoms with van der Waals surface area (Å²) in [4.78, 5) is 24.5. The Labute approximate surface area is 53.2 Å². The first-order chi connectivity index (χ1) is 4.18. The lowest BCUT2D eigenvalue weighted by Crippen LogP contribution is -2.23. The highest BCUT2D eigenvalue weighted by Gasteiger charge is 1.99. The van der Waals surface area contributed by atoms with Crippen LogP contribution in [0.15, 0.2) is 4.99 Å². The molecule has 50 valence electrons. The van der Waals surface area contributed by atoms with E-state index in [1.807, 2.05) is 0 Å². The van der Waals surface area contributed by atoms with E-state index in [0.29, 0.717) is 0 Å². The van der Waals surface area contributed by atoms with Gasteiger partial charge in [-0.3, -0.25) is 4.79 Å². The molecule has 0 unspecified atom stereocenters. The van der Waals surface area contributed by atoms with Crippen molar-refractivity contribution >= 4 is 12.0 Å². The molecule has 0 saturated carbocycles. The Bertz CT molecular complexity index is 147. The molecule has 0 N–H and O–H groups in total. The van der Waals surface area contributed by atoms with E-state index in [-0.39, 0.29) is 12.5 Å². The molecule has 0 aromatic rings. The van der Waals surface area contributed by atoms with Gasteiger partial charge in [-0.05, 0) is 0 Å². The van der Waals surface area contributed by atoms with Crippen LogP contribution in [0.1, 0.15) is 0 Å². The molecule has 0 aliphatic rings. The van der Waals surface area contributed by atoms with Crippen molar-refractivity contribution in [3.8, 4) is 0 Å². The fourth-order valence-corrected chi connectivity index (χ4v) is 0.241. The highest BCUT2D eigenvalue weighted by atomic mass is 16.2. The van der Waals surface area contributed by atoms with E-state index in [1.165, 1.54) is 11.0 Å². The summed E-state index contributed by atoms with van der Waals surface area (Å²) < 4.78 is 0. The summed E-state index contributed by atoms with van der Waals surface area (Å²) in [6.45, 7) is -0.101. The van der Waals surface area contributed by atoms with Gasteiger partial charge in [0.05, 0.1) is 0 Å². The lowest BCUT2D eigenvalue weighted by molar-refractivity contribution is -0.127. The highest BCUT2D eigenvalue weighted by Crippen LogP contribution is 1.77. The monoisotopic (exact) mass is 128 g/mol. The van der Waals surface area contributed by atoms with Gasteiger partial charge in [-0.2, -0.15) is 4.99 Å². The van der Waals surface area contributed by atoms with Crippen LogP contribution in [0.4, 0.5) is 0 Å². The van der Waals surface area contributed by atoms with Crippen LogP contribution in [-0.4, -0.2) is 37.5 Å². The molecule has 0 rings (SSSR count). The summed E-state index contributed by atoms with van der Waals surface area (Å²) in [5, 5.41) is 0. The largest absolute Gasteiger partial charge is 0.347 e. The predicted molar refractivity (Wildman–Crippen MR) is 31.7 cm³/mol. The van der Waals surface area contributed by atoms with Gasteiger partial charge >= 0.3 is 0 Å². The van der Waals surface area contributed by atoms with Crippen molar-refractivity contribution in [3.05, 3.63) is 0 Å². The van der Waals surface area contributed by atoms with Crippen LogP contribution in [-0.2, 0) is 9.59 Å². The third-order valence-electron chi connectivity index (χ3n) is 0.778. The number of aliphatic imine (C=N–C) groups is 1. The van der Waals surface area contributed by atoms with Crippen molar-refractivity contribution in [1.82, 2.24) is 4.90 Å². The average Bonchev–Trinajstić information content (AvgIpc) is 1.82. The molecular formula is C5H8N2O2. The van der Waals surface area contributed by atoms with Crippen LogP contribution in [0.3, 0.4) is 0 Å². The van der Waals surface area contributed by atoms with Crippen molar-refractivity contribution in [1.29, 1.82) is 0 Å². The van der Waals surface area contributed by atoms with E-state index < -0.39 is 0 Å². The second kappa shape index (κ2) is 3.80. The lowest BCUT2D eigenvalue weighted by Gasteiger charge is -2.05. The van der Waals surface area contributed by atoms with Crippen LogP contribution < -0.4 is 0 Å². The van der Waals surface area contributed by atoms with Crippen LogP contribution in [0.2, 0.25) is 0 Å². The Morgan fingerprint density at radius 1 is 1.67 bits per heavy atom. The topological polar surface area (TPSA) is 49.7 Å². The van der Waals surface area contributed by atoms with Gasteiger partial charge in [0.25, 0.3) is 0 Å². The molecule has 0 radical (unpaired) electrons. The second-order valence-corrected chi connectivity index (χ2v) is 1.70. The first-order valence-corrected chi connectivity index (χ1v) is 2.42. The maximum Gasteiger partial charge on any atom is 0.244 e. The van der Waals surface area contributed by atoms with Crippen LogP contribution >= 0.6 is 0 Å². The minimum Gasteiger partial charge on any atom is -0.347 e. The maximum atomic E-state index is 10.6. The van der Waals surface area contributed by atoms with E-state index in [1.54, 1.807) is 14.1 Å². The molecule has 0 aliphatic carbocycles. The highest BCUT2D eigenvalue weighted by molar-refractivity contribution is 5.78. The fraction of sp³-hybridized carbons (Fsp3) is 0.600. The molecule has 0 aromatic heterocycles. The predicted octanol–water partition coefficient (Wildman–Crippen LogP) is -0.590. The Kier molecular flexibility index (Phi) is 3.32. The van der Waals surface area contributed by atoms with Crippen LogP contribution in [0.25, 0.3) is 0 Å². The van der Waals surface area contributed by atoms with Crippen molar-refractivity contribution in [2.75, 3.05) is 20.6 Å². The zero-order chi connectivity index (χ0) is 7.28. The molecule has 0 aromatic carbocycles. The molecule has 1 amide bonds. The zero-order valence-electron chi connectivity index (χ0n) is 5.42. The van der Waals surface area contributed by atoms with Crippen molar-refractivity contribution in [2.24, 2.45) is 4.99 Å². The fourth-order valence-electron chi connectivity index (χ4n) is 0.241. The normalized spacial score (nSPS) is 7.78. The molecule has 0 aliphatic heterocycles. The molecule has 4 nitrogen and oxygen atoms in total. The molecule has 0 fully saturated rings. The standard InChI is InChI=1S/C5H8N2O2/c1-7(2)5(9)3-6-4-8/h3H2,1-2H3. The quantitative estimate of drug-likeness (QED) is 0.368. The number of likely N-dealkylation sites (N-methyl/N-ethyl adjacent to an activating group) is 1. The van der Waals surface area contributed by atoms with E-state index in [0.717, 1.165) is 0 Å². The van der Waals surface area contributed by atoms with Gasteiger partial charge < -0.3 is 4.90 Å². The number of amides is 1. The number of hydrogen-bond acceptors (Lipinski definition) is 3. The van der Waals surface area contributed by atoms with Gasteiger partial charge in [-0.25, -0.2) is 4.79 Å². The van der Waals surface area contributed by atoms with Gasteiger partial charge in [0.1, 0.15) is 6.54 Å². The summed E-state index contributed by atoms with van der Waals surface area (Å²) in [6.07, 6.45) is 1.28. The SMILES string of the molecule is CN(C)C(=O)CN=C=O. The number of hydrogen-bond donors (Lipinski definition) is 0. The third-order valence-corrected chi connectivity index (χ3v) is 0.778. The van der Waals surface area contributed by atoms with Gasteiger partial charge in [0.2, 0.25) is 12.0 Å². The molecule has 0 heterocycles. The van der Waals surface area contributed by atoms with Gasteiger partial charge in [-0.15, -0.1) is 0 Å². The summed E-state index contributed by atoms with van der Waals surface area (Å²) in [5.41, 5.74) is 0. The van der Waals surface area contributed by atoms with E-state index in [4.69, 9.17) is 0 Å². The van der Waals surface area contributed by atoms with Crippen molar-refractivity contribution in [3.63, 3.8) is 0 Å². The van der Waals surface area contributed by atoms with Crippen molar-refractivity contribution < 1.29 is 9.59 Å². The number of nitrogens with zero attached hydrogens (tertiary/aromatic N) is 2. The van der Waals surface area contributed by atoms with Crippen LogP contribution in [0, 0.1) is 0 Å². The minimum absolute atomic E-state index is 0.101. The number of carbonyl (C=O) groups excluding carboxylic acids is 2. The van der Waals surface area contributed by atoms with E-state index in [9.17, 15) is 9.59 Å². The van der Waals surface area contributed by atoms with Crippen molar-refractivity contribution in [2.45, 2.75) is 0 Å². The first kappa shape index (κ1) is 7.85. The summed E-state index contributed by atoms with van der Waals surface area (Å²) in [7, 11) is 3.20.